The third-order valence-corrected chi connectivity index (χ3v) is 7.50. The summed E-state index contributed by atoms with van der Waals surface area (Å²) in [5, 5.41) is 15.3. The van der Waals surface area contributed by atoms with Gasteiger partial charge < -0.3 is 15.4 Å². The van der Waals surface area contributed by atoms with E-state index in [1.807, 2.05) is 53.2 Å². The Morgan fingerprint density at radius 2 is 1.72 bits per heavy atom. The lowest BCUT2D eigenvalue weighted by Gasteiger charge is -2.24. The van der Waals surface area contributed by atoms with Crippen LogP contribution < -0.4 is 10.6 Å². The van der Waals surface area contributed by atoms with Crippen molar-refractivity contribution in [2.45, 2.75) is 6.54 Å². The fourth-order valence-corrected chi connectivity index (χ4v) is 5.38. The van der Waals surface area contributed by atoms with Gasteiger partial charge in [0.15, 0.2) is 0 Å². The van der Waals surface area contributed by atoms with Gasteiger partial charge in [-0.1, -0.05) is 60.5 Å². The van der Waals surface area contributed by atoms with Crippen molar-refractivity contribution >= 4 is 55.7 Å². The van der Waals surface area contributed by atoms with Crippen molar-refractivity contribution in [1.82, 2.24) is 24.6 Å². The van der Waals surface area contributed by atoms with Crippen LogP contribution in [-0.2, 0) is 16.1 Å². The summed E-state index contributed by atoms with van der Waals surface area (Å²) in [5.74, 6) is 5.95. The van der Waals surface area contributed by atoms with Gasteiger partial charge in [0.05, 0.1) is 31.8 Å². The van der Waals surface area contributed by atoms with E-state index in [2.05, 4.69) is 73.9 Å². The molecule has 0 aliphatic carbocycles. The predicted molar refractivity (Wildman–Crippen MR) is 169 cm³/mol. The maximum Gasteiger partial charge on any atom is 0.300 e. The molecule has 9 nitrogen and oxygen atoms in total. The van der Waals surface area contributed by atoms with Crippen molar-refractivity contribution in [3.05, 3.63) is 97.0 Å². The van der Waals surface area contributed by atoms with Gasteiger partial charge in [-0.25, -0.2) is 9.97 Å². The monoisotopic (exact) mass is 567 g/mol. The molecule has 1 saturated heterocycles. The number of fused-ring (bicyclic) bond motifs is 4. The van der Waals surface area contributed by atoms with Crippen LogP contribution in [-0.4, -0.2) is 63.4 Å². The number of benzene rings is 4. The number of hydrogen-bond donors (Lipinski definition) is 2. The SMILES string of the molecule is O=C(C#CCN1CCOCC1)Nc1ccc2ncnc(Nc3cc4cn(Cc5ccccc5)nc4c4ccccc34)c2c1. The van der Waals surface area contributed by atoms with E-state index in [1.165, 1.54) is 5.56 Å². The molecule has 7 rings (SSSR count). The quantitative estimate of drug-likeness (QED) is 0.267. The molecule has 4 aromatic carbocycles. The van der Waals surface area contributed by atoms with Crippen LogP contribution in [0.5, 0.6) is 0 Å². The van der Waals surface area contributed by atoms with Gasteiger partial charge in [-0.2, -0.15) is 5.10 Å². The van der Waals surface area contributed by atoms with Gasteiger partial charge in [-0.15, -0.1) is 0 Å². The Morgan fingerprint density at radius 3 is 2.58 bits per heavy atom. The number of nitrogens with one attached hydrogen (secondary N) is 2. The van der Waals surface area contributed by atoms with E-state index in [4.69, 9.17) is 9.84 Å². The maximum atomic E-state index is 12.6. The predicted octanol–water partition coefficient (Wildman–Crippen LogP) is 5.20. The van der Waals surface area contributed by atoms with Crippen LogP contribution in [0.2, 0.25) is 0 Å². The molecule has 2 N–H and O–H groups in total. The van der Waals surface area contributed by atoms with Crippen molar-refractivity contribution in [3.63, 3.8) is 0 Å². The summed E-state index contributed by atoms with van der Waals surface area (Å²) in [6, 6.07) is 26.2. The molecule has 1 fully saturated rings. The Balaban J connectivity index is 1.17. The first kappa shape index (κ1) is 26.6. The highest BCUT2D eigenvalue weighted by Gasteiger charge is 2.14. The molecule has 6 aromatic rings. The molecule has 1 aliphatic heterocycles. The molecular formula is C34H29N7O2. The fraction of sp³-hybridized carbons (Fsp3) is 0.176. The lowest BCUT2D eigenvalue weighted by atomic mass is 10.1. The topological polar surface area (TPSA) is 97.2 Å². The van der Waals surface area contributed by atoms with Gasteiger partial charge in [-0.3, -0.25) is 14.4 Å². The lowest BCUT2D eigenvalue weighted by Crippen LogP contribution is -2.36. The van der Waals surface area contributed by atoms with Gasteiger partial charge in [0.1, 0.15) is 17.7 Å². The maximum absolute atomic E-state index is 12.6. The summed E-state index contributed by atoms with van der Waals surface area (Å²) in [6.07, 6.45) is 3.62. The lowest BCUT2D eigenvalue weighted by molar-refractivity contribution is -0.111. The fourth-order valence-electron chi connectivity index (χ4n) is 5.38. The molecule has 1 amide bonds. The Kier molecular flexibility index (Phi) is 7.36. The zero-order chi connectivity index (χ0) is 29.0. The summed E-state index contributed by atoms with van der Waals surface area (Å²) >= 11 is 0. The van der Waals surface area contributed by atoms with Gasteiger partial charge >= 0.3 is 0 Å². The van der Waals surface area contributed by atoms with Crippen molar-refractivity contribution in [2.75, 3.05) is 43.5 Å². The molecule has 0 radical (unpaired) electrons. The molecule has 0 unspecified atom stereocenters. The summed E-state index contributed by atoms with van der Waals surface area (Å²) < 4.78 is 7.34. The molecule has 1 aliphatic rings. The van der Waals surface area contributed by atoms with Crippen LogP contribution in [0.3, 0.4) is 0 Å². The first-order valence-corrected chi connectivity index (χ1v) is 14.2. The summed E-state index contributed by atoms with van der Waals surface area (Å²) in [6.45, 7) is 4.29. The van der Waals surface area contributed by atoms with Crippen molar-refractivity contribution in [3.8, 4) is 11.8 Å². The Hall–Kier alpha value is -5.30. The van der Waals surface area contributed by atoms with E-state index in [0.717, 1.165) is 51.4 Å². The zero-order valence-corrected chi connectivity index (χ0v) is 23.5. The first-order valence-electron chi connectivity index (χ1n) is 14.2. The van der Waals surface area contributed by atoms with E-state index in [1.54, 1.807) is 6.33 Å². The minimum Gasteiger partial charge on any atom is -0.379 e. The smallest absolute Gasteiger partial charge is 0.300 e. The Labute approximate surface area is 248 Å². The van der Waals surface area contributed by atoms with Crippen LogP contribution in [0.25, 0.3) is 32.6 Å². The number of carbonyl (C=O) groups is 1. The third-order valence-electron chi connectivity index (χ3n) is 7.50. The highest BCUT2D eigenvalue weighted by atomic mass is 16.5. The number of nitrogens with zero attached hydrogens (tertiary/aromatic N) is 5. The average Bonchev–Trinajstić information content (AvgIpc) is 3.45. The number of ether oxygens (including phenoxy) is 1. The zero-order valence-electron chi connectivity index (χ0n) is 23.5. The molecule has 0 bridgehead atoms. The molecule has 0 atom stereocenters. The van der Waals surface area contributed by atoms with E-state index in [0.29, 0.717) is 37.8 Å². The molecule has 9 heteroatoms. The minimum absolute atomic E-state index is 0.358. The molecule has 212 valence electrons. The molecule has 2 aromatic heterocycles. The second-order valence-electron chi connectivity index (χ2n) is 10.4. The first-order chi connectivity index (χ1) is 21.2. The van der Waals surface area contributed by atoms with Gasteiger partial charge in [0.2, 0.25) is 0 Å². The summed E-state index contributed by atoms with van der Waals surface area (Å²) in [5.41, 5.74) is 4.43. The van der Waals surface area contributed by atoms with Gasteiger partial charge in [0.25, 0.3) is 5.91 Å². The van der Waals surface area contributed by atoms with Crippen molar-refractivity contribution in [2.24, 2.45) is 0 Å². The number of morpholine rings is 1. The highest BCUT2D eigenvalue weighted by Crippen LogP contribution is 2.34. The number of carbonyl (C=O) groups excluding carboxylic acids is 1. The summed E-state index contributed by atoms with van der Waals surface area (Å²) in [7, 11) is 0. The highest BCUT2D eigenvalue weighted by molar-refractivity contribution is 6.12. The second kappa shape index (κ2) is 11.9. The van der Waals surface area contributed by atoms with Crippen LogP contribution in [0.4, 0.5) is 17.2 Å². The van der Waals surface area contributed by atoms with Crippen LogP contribution in [0, 0.1) is 11.8 Å². The van der Waals surface area contributed by atoms with Gasteiger partial charge in [-0.05, 0) is 35.7 Å². The van der Waals surface area contributed by atoms with E-state index < -0.39 is 0 Å². The number of aromatic nitrogens is 4. The molecule has 43 heavy (non-hydrogen) atoms. The van der Waals surface area contributed by atoms with Crippen LogP contribution >= 0.6 is 0 Å². The van der Waals surface area contributed by atoms with E-state index >= 15 is 0 Å². The number of rotatable bonds is 6. The van der Waals surface area contributed by atoms with Crippen LogP contribution in [0.15, 0.2) is 91.4 Å². The third kappa shape index (κ3) is 5.88. The average molecular weight is 568 g/mol. The largest absolute Gasteiger partial charge is 0.379 e. The van der Waals surface area contributed by atoms with E-state index in [-0.39, 0.29) is 5.91 Å². The number of hydrogen-bond acceptors (Lipinski definition) is 7. The summed E-state index contributed by atoms with van der Waals surface area (Å²) in [4.78, 5) is 23.8. The molecule has 0 spiro atoms. The van der Waals surface area contributed by atoms with Crippen molar-refractivity contribution < 1.29 is 9.53 Å². The minimum atomic E-state index is -0.358. The molecule has 3 heterocycles. The van der Waals surface area contributed by atoms with Crippen molar-refractivity contribution in [1.29, 1.82) is 0 Å². The Morgan fingerprint density at radius 1 is 0.907 bits per heavy atom. The van der Waals surface area contributed by atoms with E-state index in [9.17, 15) is 4.79 Å². The number of amides is 1. The number of anilines is 3. The van der Waals surface area contributed by atoms with Crippen LogP contribution in [0.1, 0.15) is 5.56 Å². The van der Waals surface area contributed by atoms with Gasteiger partial charge in [0, 0.05) is 52.2 Å². The standard InChI is InChI=1S/C34H29N7O2/c42-32(11-6-14-40-15-17-43-18-16-40)37-26-12-13-30-29(20-26)34(36-23-35-30)38-31-19-25-22-41(21-24-7-2-1-3-8-24)39-33(25)28-10-5-4-9-27(28)31/h1-5,7-10,12-13,19-20,22-23H,14-18,21H2,(H,37,42)(H,35,36,38). The normalized spacial score (nSPS) is 13.6. The molecular weight excluding hydrogens is 538 g/mol. The molecule has 0 saturated carbocycles. The second-order valence-corrected chi connectivity index (χ2v) is 10.4. The Bertz CT molecular complexity index is 2000.